The van der Waals surface area contributed by atoms with Crippen LogP contribution in [0, 0.1) is 0 Å². The summed E-state index contributed by atoms with van der Waals surface area (Å²) in [5, 5.41) is 2.89. The van der Waals surface area contributed by atoms with Gasteiger partial charge in [0.15, 0.2) is 0 Å². The van der Waals surface area contributed by atoms with E-state index in [4.69, 9.17) is 4.74 Å². The zero-order valence-corrected chi connectivity index (χ0v) is 16.2. The summed E-state index contributed by atoms with van der Waals surface area (Å²) in [5.74, 6) is -0.403. The maximum absolute atomic E-state index is 12.6. The van der Waals surface area contributed by atoms with Crippen molar-refractivity contribution < 1.29 is 19.1 Å². The maximum Gasteiger partial charge on any atom is 0.261 e. The van der Waals surface area contributed by atoms with Crippen molar-refractivity contribution in [2.45, 2.75) is 32.7 Å². The number of carbonyl (C=O) groups excluding carboxylic acids is 3. The van der Waals surface area contributed by atoms with Crippen molar-refractivity contribution in [2.75, 3.05) is 13.7 Å². The van der Waals surface area contributed by atoms with Crippen LogP contribution in [0.5, 0.6) is 5.75 Å². The molecule has 0 spiro atoms. The molecule has 0 saturated carbocycles. The standard InChI is InChI=1S/C22H24N2O4/c1-3-4-7-12-23-20(25)18-13-15(10-11-19(18)28-2)14-24-21(26)16-8-5-6-9-17(16)22(24)27/h5-6,8-11,13H,3-4,7,12,14H2,1-2H3,(H,23,25). The zero-order valence-electron chi connectivity index (χ0n) is 16.2. The smallest absolute Gasteiger partial charge is 0.261 e. The monoisotopic (exact) mass is 380 g/mol. The van der Waals surface area contributed by atoms with Crippen molar-refractivity contribution in [2.24, 2.45) is 0 Å². The minimum atomic E-state index is -0.318. The Labute approximate surface area is 164 Å². The molecule has 0 bridgehead atoms. The SMILES string of the molecule is CCCCCNC(=O)c1cc(CN2C(=O)c3ccccc3C2=O)ccc1OC. The normalized spacial score (nSPS) is 12.9. The molecule has 0 radical (unpaired) electrons. The lowest BCUT2D eigenvalue weighted by Gasteiger charge is -2.16. The lowest BCUT2D eigenvalue weighted by Crippen LogP contribution is -2.29. The number of nitrogens with one attached hydrogen (secondary N) is 1. The first-order chi connectivity index (χ1) is 13.6. The molecule has 3 amide bonds. The van der Waals surface area contributed by atoms with Gasteiger partial charge in [0.1, 0.15) is 5.75 Å². The molecule has 1 heterocycles. The summed E-state index contributed by atoms with van der Waals surface area (Å²) < 4.78 is 5.30. The van der Waals surface area contributed by atoms with Crippen LogP contribution < -0.4 is 10.1 Å². The average Bonchev–Trinajstić information content (AvgIpc) is 2.96. The fraction of sp³-hybridized carbons (Fsp3) is 0.318. The van der Waals surface area contributed by atoms with Crippen molar-refractivity contribution in [1.29, 1.82) is 0 Å². The molecule has 0 saturated heterocycles. The molecule has 6 nitrogen and oxygen atoms in total. The number of imide groups is 1. The highest BCUT2D eigenvalue weighted by molar-refractivity contribution is 6.21. The summed E-state index contributed by atoms with van der Waals surface area (Å²) in [6.45, 7) is 2.80. The van der Waals surface area contributed by atoms with Crippen molar-refractivity contribution in [1.82, 2.24) is 10.2 Å². The van der Waals surface area contributed by atoms with Crippen LogP contribution in [0.2, 0.25) is 0 Å². The van der Waals surface area contributed by atoms with E-state index in [2.05, 4.69) is 12.2 Å². The number of hydrogen-bond acceptors (Lipinski definition) is 4. The molecule has 0 fully saturated rings. The number of rotatable bonds is 8. The average molecular weight is 380 g/mol. The van der Waals surface area contributed by atoms with Gasteiger partial charge in [-0.15, -0.1) is 0 Å². The molecule has 0 aromatic heterocycles. The predicted molar refractivity (Wildman–Crippen MR) is 105 cm³/mol. The van der Waals surface area contributed by atoms with Gasteiger partial charge in [-0.2, -0.15) is 0 Å². The van der Waals surface area contributed by atoms with Crippen molar-refractivity contribution in [3.8, 4) is 5.75 Å². The predicted octanol–water partition coefficient (Wildman–Crippen LogP) is 3.41. The first-order valence-electron chi connectivity index (χ1n) is 9.47. The third-order valence-corrected chi connectivity index (χ3v) is 4.79. The van der Waals surface area contributed by atoms with Crippen LogP contribution in [0.4, 0.5) is 0 Å². The van der Waals surface area contributed by atoms with E-state index in [1.165, 1.54) is 12.0 Å². The van der Waals surface area contributed by atoms with E-state index in [1.54, 1.807) is 42.5 Å². The molecule has 0 unspecified atom stereocenters. The molecule has 1 aliphatic rings. The van der Waals surface area contributed by atoms with Crippen LogP contribution in [-0.2, 0) is 6.54 Å². The highest BCUT2D eigenvalue weighted by atomic mass is 16.5. The van der Waals surface area contributed by atoms with Crippen LogP contribution in [0.1, 0.15) is 62.8 Å². The number of nitrogens with zero attached hydrogens (tertiary/aromatic N) is 1. The van der Waals surface area contributed by atoms with E-state index in [1.807, 2.05) is 0 Å². The Balaban J connectivity index is 1.77. The fourth-order valence-corrected chi connectivity index (χ4v) is 3.27. The van der Waals surface area contributed by atoms with E-state index in [-0.39, 0.29) is 24.3 Å². The third kappa shape index (κ3) is 3.91. The van der Waals surface area contributed by atoms with Crippen LogP contribution in [0.15, 0.2) is 42.5 Å². The van der Waals surface area contributed by atoms with E-state index < -0.39 is 0 Å². The summed E-state index contributed by atoms with van der Waals surface area (Å²) >= 11 is 0. The lowest BCUT2D eigenvalue weighted by molar-refractivity contribution is 0.0642. The number of amides is 3. The second-order valence-corrected chi connectivity index (χ2v) is 6.74. The third-order valence-electron chi connectivity index (χ3n) is 4.79. The number of hydrogen-bond donors (Lipinski definition) is 1. The molecule has 1 N–H and O–H groups in total. The minimum Gasteiger partial charge on any atom is -0.496 e. The number of carbonyl (C=O) groups is 3. The van der Waals surface area contributed by atoms with Gasteiger partial charge < -0.3 is 10.1 Å². The summed E-state index contributed by atoms with van der Waals surface area (Å²) in [6.07, 6.45) is 3.05. The summed E-state index contributed by atoms with van der Waals surface area (Å²) in [4.78, 5) is 38.9. The number of ether oxygens (including phenoxy) is 1. The lowest BCUT2D eigenvalue weighted by atomic mass is 10.1. The number of unbranched alkanes of at least 4 members (excludes halogenated alkanes) is 2. The molecule has 2 aromatic rings. The van der Waals surface area contributed by atoms with Crippen LogP contribution in [0.3, 0.4) is 0 Å². The number of fused-ring (bicyclic) bond motifs is 1. The van der Waals surface area contributed by atoms with Gasteiger partial charge in [-0.3, -0.25) is 19.3 Å². The Morgan fingerprint density at radius 3 is 2.32 bits per heavy atom. The van der Waals surface area contributed by atoms with E-state index in [9.17, 15) is 14.4 Å². The van der Waals surface area contributed by atoms with Crippen LogP contribution in [0.25, 0.3) is 0 Å². The first kappa shape index (κ1) is 19.6. The zero-order chi connectivity index (χ0) is 20.1. The van der Waals surface area contributed by atoms with Crippen LogP contribution >= 0.6 is 0 Å². The number of methoxy groups -OCH3 is 1. The Hall–Kier alpha value is -3.15. The van der Waals surface area contributed by atoms with E-state index in [0.717, 1.165) is 19.3 Å². The summed E-state index contributed by atoms with van der Waals surface area (Å²) in [5.41, 5.74) is 1.91. The largest absolute Gasteiger partial charge is 0.496 e. The number of benzene rings is 2. The first-order valence-corrected chi connectivity index (χ1v) is 9.47. The van der Waals surface area contributed by atoms with Gasteiger partial charge in [0.25, 0.3) is 17.7 Å². The van der Waals surface area contributed by atoms with Crippen molar-refractivity contribution >= 4 is 17.7 Å². The van der Waals surface area contributed by atoms with E-state index in [0.29, 0.717) is 34.5 Å². The summed E-state index contributed by atoms with van der Waals surface area (Å²) in [6, 6.07) is 11.9. The van der Waals surface area contributed by atoms with Gasteiger partial charge in [-0.1, -0.05) is 38.0 Å². The molecule has 3 rings (SSSR count). The molecular weight excluding hydrogens is 356 g/mol. The van der Waals surface area contributed by atoms with Gasteiger partial charge in [-0.05, 0) is 36.2 Å². The van der Waals surface area contributed by atoms with E-state index >= 15 is 0 Å². The van der Waals surface area contributed by atoms with Gasteiger partial charge in [0.05, 0.1) is 30.3 Å². The van der Waals surface area contributed by atoms with Crippen LogP contribution in [-0.4, -0.2) is 36.3 Å². The highest BCUT2D eigenvalue weighted by Gasteiger charge is 2.35. The molecule has 1 aliphatic heterocycles. The second-order valence-electron chi connectivity index (χ2n) is 6.74. The van der Waals surface area contributed by atoms with Gasteiger partial charge in [0.2, 0.25) is 0 Å². The minimum absolute atomic E-state index is 0.104. The van der Waals surface area contributed by atoms with Gasteiger partial charge in [0, 0.05) is 6.54 Å². The van der Waals surface area contributed by atoms with Gasteiger partial charge in [-0.25, -0.2) is 0 Å². The Morgan fingerprint density at radius 1 is 1.04 bits per heavy atom. The molecule has 6 heteroatoms. The maximum atomic E-state index is 12.6. The molecular formula is C22H24N2O4. The molecule has 2 aromatic carbocycles. The van der Waals surface area contributed by atoms with Crippen molar-refractivity contribution in [3.63, 3.8) is 0 Å². The fourth-order valence-electron chi connectivity index (χ4n) is 3.27. The highest BCUT2D eigenvalue weighted by Crippen LogP contribution is 2.26. The molecule has 0 atom stereocenters. The Kier molecular flexibility index (Phi) is 6.09. The summed E-state index contributed by atoms with van der Waals surface area (Å²) in [7, 11) is 1.51. The molecule has 146 valence electrons. The topological polar surface area (TPSA) is 75.7 Å². The molecule has 28 heavy (non-hydrogen) atoms. The van der Waals surface area contributed by atoms with Gasteiger partial charge >= 0.3 is 0 Å². The quantitative estimate of drug-likeness (QED) is 0.562. The second kappa shape index (κ2) is 8.69. The van der Waals surface area contributed by atoms with Crippen molar-refractivity contribution in [3.05, 3.63) is 64.7 Å². The Morgan fingerprint density at radius 2 is 1.71 bits per heavy atom. The Bertz CT molecular complexity index is 872. The molecule has 0 aliphatic carbocycles.